The van der Waals surface area contributed by atoms with E-state index in [-0.39, 0.29) is 10.8 Å². The number of anilines is 1. The number of hydrogen-bond donors (Lipinski definition) is 1. The van der Waals surface area contributed by atoms with Crippen molar-refractivity contribution >= 4 is 21.4 Å². The van der Waals surface area contributed by atoms with Crippen LogP contribution in [0, 0.1) is 6.92 Å². The van der Waals surface area contributed by atoms with E-state index in [1.807, 2.05) is 67.6 Å². The predicted molar refractivity (Wildman–Crippen MR) is 158 cm³/mol. The van der Waals surface area contributed by atoms with Crippen LogP contribution in [0.2, 0.25) is 0 Å². The molecule has 7 heteroatoms. The van der Waals surface area contributed by atoms with Crippen molar-refractivity contribution in [2.75, 3.05) is 17.3 Å². The van der Waals surface area contributed by atoms with Crippen molar-refractivity contribution in [3.8, 4) is 5.75 Å². The van der Waals surface area contributed by atoms with E-state index < -0.39 is 21.8 Å². The molecular weight excluding hydrogens is 520 g/mol. The van der Waals surface area contributed by atoms with Crippen molar-refractivity contribution in [2.45, 2.75) is 43.7 Å². The van der Waals surface area contributed by atoms with Gasteiger partial charge >= 0.3 is 0 Å². The van der Waals surface area contributed by atoms with Gasteiger partial charge in [0.15, 0.2) is 9.84 Å². The van der Waals surface area contributed by atoms with Gasteiger partial charge in [0.1, 0.15) is 24.3 Å². The minimum atomic E-state index is -3.62. The molecule has 1 fully saturated rings. The summed E-state index contributed by atoms with van der Waals surface area (Å²) < 4.78 is 31.5. The lowest BCUT2D eigenvalue weighted by atomic mass is 10.0. The predicted octanol–water partition coefficient (Wildman–Crippen LogP) is 5.68. The van der Waals surface area contributed by atoms with Gasteiger partial charge in [-0.25, -0.2) is 8.42 Å². The van der Waals surface area contributed by atoms with Gasteiger partial charge in [0.25, 0.3) is 0 Å². The van der Waals surface area contributed by atoms with Crippen LogP contribution in [0.15, 0.2) is 108 Å². The van der Waals surface area contributed by atoms with Gasteiger partial charge in [-0.1, -0.05) is 78.4 Å². The highest BCUT2D eigenvalue weighted by Gasteiger charge is 2.32. The molecule has 0 radical (unpaired) electrons. The lowest BCUT2D eigenvalue weighted by Crippen LogP contribution is -2.45. The summed E-state index contributed by atoms with van der Waals surface area (Å²) in [6.07, 6.45) is 2.25. The minimum Gasteiger partial charge on any atom is -0.489 e. The highest BCUT2D eigenvalue weighted by molar-refractivity contribution is 7.91. The van der Waals surface area contributed by atoms with Crippen molar-refractivity contribution < 1.29 is 17.9 Å². The molecule has 206 valence electrons. The summed E-state index contributed by atoms with van der Waals surface area (Å²) >= 11 is 0. The first-order chi connectivity index (χ1) is 19.4. The number of para-hydroxylation sites is 1. The van der Waals surface area contributed by atoms with E-state index in [0.29, 0.717) is 19.4 Å². The molecule has 4 aromatic carbocycles. The SMILES string of the molecule is Cc1ccc(S(=O)(=O)CNC(=O)C2CCCN2c2ccccc2Cc2ccc(OCc3ccccc3)cc2)cc1. The van der Waals surface area contributed by atoms with Crippen molar-refractivity contribution in [3.05, 3.63) is 125 Å². The Bertz CT molecular complexity index is 1540. The van der Waals surface area contributed by atoms with E-state index in [0.717, 1.165) is 46.7 Å². The Balaban J connectivity index is 1.23. The normalized spacial score (nSPS) is 15.1. The summed E-state index contributed by atoms with van der Waals surface area (Å²) in [5, 5.41) is 2.69. The smallest absolute Gasteiger partial charge is 0.243 e. The van der Waals surface area contributed by atoms with Crippen molar-refractivity contribution in [3.63, 3.8) is 0 Å². The van der Waals surface area contributed by atoms with Crippen LogP contribution < -0.4 is 15.0 Å². The first-order valence-corrected chi connectivity index (χ1v) is 15.2. The van der Waals surface area contributed by atoms with Gasteiger partial charge in [-0.2, -0.15) is 0 Å². The highest BCUT2D eigenvalue weighted by Crippen LogP contribution is 2.31. The molecule has 1 saturated heterocycles. The quantitative estimate of drug-likeness (QED) is 0.273. The number of nitrogens with one attached hydrogen (secondary N) is 1. The number of amides is 1. The van der Waals surface area contributed by atoms with Crippen molar-refractivity contribution in [1.82, 2.24) is 5.32 Å². The summed E-state index contributed by atoms with van der Waals surface area (Å²) in [5.74, 6) is 0.139. The van der Waals surface area contributed by atoms with Gasteiger partial charge in [-0.3, -0.25) is 4.79 Å². The Morgan fingerprint density at radius 1 is 0.875 bits per heavy atom. The number of hydrogen-bond acceptors (Lipinski definition) is 5. The largest absolute Gasteiger partial charge is 0.489 e. The topological polar surface area (TPSA) is 75.7 Å². The Morgan fingerprint density at radius 2 is 1.57 bits per heavy atom. The van der Waals surface area contributed by atoms with E-state index in [1.54, 1.807) is 24.3 Å². The van der Waals surface area contributed by atoms with E-state index in [1.165, 1.54) is 0 Å². The van der Waals surface area contributed by atoms with Gasteiger partial charge < -0.3 is 15.0 Å². The van der Waals surface area contributed by atoms with Gasteiger partial charge in [-0.05, 0) is 73.2 Å². The molecule has 0 bridgehead atoms. The number of carbonyl (C=O) groups excluding carboxylic acids is 1. The molecule has 1 aliphatic rings. The van der Waals surface area contributed by atoms with Crippen LogP contribution >= 0.6 is 0 Å². The Morgan fingerprint density at radius 3 is 2.33 bits per heavy atom. The zero-order chi connectivity index (χ0) is 28.0. The summed E-state index contributed by atoms with van der Waals surface area (Å²) in [6, 6.07) is 32.6. The number of carbonyl (C=O) groups is 1. The van der Waals surface area contributed by atoms with Gasteiger partial charge in [0.2, 0.25) is 5.91 Å². The third kappa shape index (κ3) is 6.72. The van der Waals surface area contributed by atoms with Crippen LogP contribution in [-0.4, -0.2) is 32.8 Å². The monoisotopic (exact) mass is 554 g/mol. The van der Waals surface area contributed by atoms with Crippen LogP contribution in [0.25, 0.3) is 0 Å². The number of nitrogens with zero attached hydrogens (tertiary/aromatic N) is 1. The third-order valence-corrected chi connectivity index (χ3v) is 8.75. The fourth-order valence-electron chi connectivity index (χ4n) is 5.05. The van der Waals surface area contributed by atoms with Crippen molar-refractivity contribution in [1.29, 1.82) is 0 Å². The number of ether oxygens (including phenoxy) is 1. The van der Waals surface area contributed by atoms with Gasteiger partial charge in [0.05, 0.1) is 4.90 Å². The lowest BCUT2D eigenvalue weighted by molar-refractivity contribution is -0.121. The number of rotatable bonds is 10. The number of benzene rings is 4. The minimum absolute atomic E-state index is 0.212. The molecule has 40 heavy (non-hydrogen) atoms. The van der Waals surface area contributed by atoms with Gasteiger partial charge in [-0.15, -0.1) is 0 Å². The molecule has 1 amide bonds. The second kappa shape index (κ2) is 12.4. The van der Waals surface area contributed by atoms with Crippen LogP contribution in [0.1, 0.15) is 35.1 Å². The molecule has 0 aliphatic carbocycles. The fourth-order valence-corrected chi connectivity index (χ4v) is 6.10. The first kappa shape index (κ1) is 27.5. The molecule has 0 aromatic heterocycles. The Kier molecular flexibility index (Phi) is 8.51. The van der Waals surface area contributed by atoms with Crippen molar-refractivity contribution in [2.24, 2.45) is 0 Å². The van der Waals surface area contributed by atoms with Gasteiger partial charge in [0, 0.05) is 12.2 Å². The maximum absolute atomic E-state index is 13.2. The standard InChI is InChI=1S/C33H34N2O4S/c1-25-13-19-30(20-14-25)40(37,38)24-34-33(36)32-12-7-21-35(32)31-11-6-5-10-28(31)22-26-15-17-29(18-16-26)39-23-27-8-3-2-4-9-27/h2-6,8-11,13-20,32H,7,12,21-24H2,1H3,(H,34,36). The molecule has 0 saturated carbocycles. The first-order valence-electron chi connectivity index (χ1n) is 13.6. The summed E-state index contributed by atoms with van der Waals surface area (Å²) in [7, 11) is -3.62. The van der Waals surface area contributed by atoms with Crippen LogP contribution in [0.4, 0.5) is 5.69 Å². The van der Waals surface area contributed by atoms with E-state index in [9.17, 15) is 13.2 Å². The maximum Gasteiger partial charge on any atom is 0.243 e. The molecule has 1 heterocycles. The molecule has 0 spiro atoms. The second-order valence-corrected chi connectivity index (χ2v) is 12.2. The van der Waals surface area contributed by atoms with Crippen LogP contribution in [-0.2, 0) is 27.7 Å². The Labute approximate surface area is 236 Å². The average molecular weight is 555 g/mol. The third-order valence-electron chi connectivity index (χ3n) is 7.24. The second-order valence-electron chi connectivity index (χ2n) is 10.2. The van der Waals surface area contributed by atoms with E-state index in [4.69, 9.17) is 4.74 Å². The summed E-state index contributed by atoms with van der Waals surface area (Å²) in [4.78, 5) is 15.5. The molecule has 1 unspecified atom stereocenters. The molecular formula is C33H34N2O4S. The van der Waals surface area contributed by atoms with Crippen LogP contribution in [0.3, 0.4) is 0 Å². The molecule has 1 N–H and O–H groups in total. The van der Waals surface area contributed by atoms with Crippen LogP contribution in [0.5, 0.6) is 5.75 Å². The van der Waals surface area contributed by atoms with E-state index in [2.05, 4.69) is 28.4 Å². The number of aryl methyl sites for hydroxylation is 1. The summed E-state index contributed by atoms with van der Waals surface area (Å²) in [5.41, 5.74) is 5.37. The summed E-state index contributed by atoms with van der Waals surface area (Å²) in [6.45, 7) is 3.17. The molecule has 1 atom stereocenters. The molecule has 5 rings (SSSR count). The average Bonchev–Trinajstić information content (AvgIpc) is 3.47. The lowest BCUT2D eigenvalue weighted by Gasteiger charge is -2.28. The molecule has 6 nitrogen and oxygen atoms in total. The van der Waals surface area contributed by atoms with E-state index >= 15 is 0 Å². The zero-order valence-electron chi connectivity index (χ0n) is 22.6. The number of sulfone groups is 1. The zero-order valence-corrected chi connectivity index (χ0v) is 23.4. The molecule has 1 aliphatic heterocycles. The maximum atomic E-state index is 13.2. The fraction of sp³-hybridized carbons (Fsp3) is 0.242. The molecule has 4 aromatic rings. The Hall–Kier alpha value is -4.10. The highest BCUT2D eigenvalue weighted by atomic mass is 32.2.